The lowest BCUT2D eigenvalue weighted by atomic mass is 10.1. The van der Waals surface area contributed by atoms with Crippen molar-refractivity contribution in [2.75, 3.05) is 0 Å². The molecule has 0 spiro atoms. The molecular formula is C12H20O2. The third kappa shape index (κ3) is 3.52. The van der Waals surface area contributed by atoms with Gasteiger partial charge in [-0.2, -0.15) is 0 Å². The third-order valence-corrected chi connectivity index (χ3v) is 2.83. The zero-order valence-electron chi connectivity index (χ0n) is 9.21. The van der Waals surface area contributed by atoms with E-state index in [1.807, 2.05) is 6.92 Å². The third-order valence-electron chi connectivity index (χ3n) is 2.83. The normalized spacial score (nSPS) is 20.3. The minimum Gasteiger partial charge on any atom is -0.459 e. The van der Waals surface area contributed by atoms with Crippen LogP contribution >= 0.6 is 0 Å². The average molecular weight is 196 g/mol. The fraction of sp³-hybridized carbons (Fsp3) is 0.750. The molecule has 0 aliphatic heterocycles. The summed E-state index contributed by atoms with van der Waals surface area (Å²) in [4.78, 5) is 11.5. The van der Waals surface area contributed by atoms with Crippen LogP contribution in [-0.4, -0.2) is 12.1 Å². The van der Waals surface area contributed by atoms with Gasteiger partial charge in [-0.1, -0.05) is 18.9 Å². The van der Waals surface area contributed by atoms with Gasteiger partial charge in [-0.15, -0.1) is 0 Å². The average Bonchev–Trinajstić information content (AvgIpc) is 2.45. The summed E-state index contributed by atoms with van der Waals surface area (Å²) in [5.41, 5.74) is 0.717. The standard InChI is InChI=1S/C12H20O2/c1-3-10(2)12(13)14-11-8-6-4-5-7-9-11/h3,11H,4-9H2,1-2H3. The maximum absolute atomic E-state index is 11.5. The highest BCUT2D eigenvalue weighted by Gasteiger charge is 2.16. The number of allylic oxidation sites excluding steroid dienone is 1. The zero-order chi connectivity index (χ0) is 10.4. The number of hydrogen-bond acceptors (Lipinski definition) is 2. The number of carbonyl (C=O) groups is 1. The summed E-state index contributed by atoms with van der Waals surface area (Å²) in [5, 5.41) is 0. The van der Waals surface area contributed by atoms with E-state index in [1.165, 1.54) is 25.7 Å². The van der Waals surface area contributed by atoms with Crippen LogP contribution in [-0.2, 0) is 9.53 Å². The molecular weight excluding hydrogens is 176 g/mol. The van der Waals surface area contributed by atoms with E-state index in [-0.39, 0.29) is 12.1 Å². The molecule has 0 radical (unpaired) electrons. The van der Waals surface area contributed by atoms with Gasteiger partial charge in [-0.05, 0) is 39.5 Å². The van der Waals surface area contributed by atoms with Gasteiger partial charge in [-0.3, -0.25) is 0 Å². The van der Waals surface area contributed by atoms with Crippen molar-refractivity contribution in [2.24, 2.45) is 0 Å². The Morgan fingerprint density at radius 3 is 2.29 bits per heavy atom. The second kappa shape index (κ2) is 5.84. The molecule has 0 unspecified atom stereocenters. The van der Waals surface area contributed by atoms with E-state index >= 15 is 0 Å². The summed E-state index contributed by atoms with van der Waals surface area (Å²) in [5.74, 6) is -0.139. The topological polar surface area (TPSA) is 26.3 Å². The first-order valence-electron chi connectivity index (χ1n) is 5.58. The van der Waals surface area contributed by atoms with Gasteiger partial charge in [0.05, 0.1) is 0 Å². The molecule has 0 aromatic rings. The minimum atomic E-state index is -0.139. The molecule has 0 heterocycles. The number of ether oxygens (including phenoxy) is 1. The van der Waals surface area contributed by atoms with Crippen molar-refractivity contribution < 1.29 is 9.53 Å². The Kier molecular flexibility index (Phi) is 4.71. The van der Waals surface area contributed by atoms with Crippen LogP contribution in [0.1, 0.15) is 52.4 Å². The largest absolute Gasteiger partial charge is 0.459 e. The Bertz CT molecular complexity index is 210. The molecule has 1 rings (SSSR count). The predicted molar refractivity (Wildman–Crippen MR) is 57.0 cm³/mol. The van der Waals surface area contributed by atoms with Gasteiger partial charge in [0.2, 0.25) is 0 Å². The van der Waals surface area contributed by atoms with Gasteiger partial charge in [0.1, 0.15) is 6.10 Å². The first-order valence-corrected chi connectivity index (χ1v) is 5.58. The molecule has 1 saturated carbocycles. The molecule has 1 fully saturated rings. The molecule has 0 aromatic heterocycles. The second-order valence-corrected chi connectivity index (χ2v) is 3.99. The number of carbonyl (C=O) groups excluding carboxylic acids is 1. The van der Waals surface area contributed by atoms with Crippen LogP contribution in [0.5, 0.6) is 0 Å². The summed E-state index contributed by atoms with van der Waals surface area (Å²) >= 11 is 0. The Hall–Kier alpha value is -0.790. The van der Waals surface area contributed by atoms with E-state index in [1.54, 1.807) is 13.0 Å². The highest BCUT2D eigenvalue weighted by atomic mass is 16.5. The van der Waals surface area contributed by atoms with Crippen molar-refractivity contribution in [3.63, 3.8) is 0 Å². The molecule has 2 heteroatoms. The smallest absolute Gasteiger partial charge is 0.333 e. The zero-order valence-corrected chi connectivity index (χ0v) is 9.21. The molecule has 0 aromatic carbocycles. The lowest BCUT2D eigenvalue weighted by Gasteiger charge is -2.15. The van der Waals surface area contributed by atoms with Crippen molar-refractivity contribution in [3.05, 3.63) is 11.6 Å². The molecule has 80 valence electrons. The summed E-state index contributed by atoms with van der Waals surface area (Å²) < 4.78 is 5.42. The van der Waals surface area contributed by atoms with E-state index in [0.717, 1.165) is 12.8 Å². The van der Waals surface area contributed by atoms with Gasteiger partial charge in [0.25, 0.3) is 0 Å². The number of rotatable bonds is 2. The molecule has 1 aliphatic carbocycles. The van der Waals surface area contributed by atoms with Gasteiger partial charge >= 0.3 is 5.97 Å². The first kappa shape index (κ1) is 11.3. The highest BCUT2D eigenvalue weighted by molar-refractivity contribution is 5.87. The minimum absolute atomic E-state index is 0.139. The molecule has 0 amide bonds. The fourth-order valence-corrected chi connectivity index (χ4v) is 1.72. The van der Waals surface area contributed by atoms with Crippen molar-refractivity contribution in [2.45, 2.75) is 58.5 Å². The highest BCUT2D eigenvalue weighted by Crippen LogP contribution is 2.20. The monoisotopic (exact) mass is 196 g/mol. The molecule has 0 saturated heterocycles. The van der Waals surface area contributed by atoms with E-state index < -0.39 is 0 Å². The van der Waals surface area contributed by atoms with Crippen LogP contribution in [0.15, 0.2) is 11.6 Å². The Labute approximate surface area is 86.3 Å². The second-order valence-electron chi connectivity index (χ2n) is 3.99. The van der Waals surface area contributed by atoms with Crippen molar-refractivity contribution in [1.82, 2.24) is 0 Å². The fourth-order valence-electron chi connectivity index (χ4n) is 1.72. The van der Waals surface area contributed by atoms with E-state index in [2.05, 4.69) is 0 Å². The molecule has 0 atom stereocenters. The number of esters is 1. The van der Waals surface area contributed by atoms with Crippen LogP contribution in [0.4, 0.5) is 0 Å². The van der Waals surface area contributed by atoms with Crippen molar-refractivity contribution >= 4 is 5.97 Å². The molecule has 1 aliphatic rings. The van der Waals surface area contributed by atoms with Gasteiger partial charge < -0.3 is 4.74 Å². The SMILES string of the molecule is CC=C(C)C(=O)OC1CCCCCC1. The summed E-state index contributed by atoms with van der Waals surface area (Å²) in [6, 6.07) is 0. The molecule has 14 heavy (non-hydrogen) atoms. The summed E-state index contributed by atoms with van der Waals surface area (Å²) in [6.45, 7) is 3.67. The van der Waals surface area contributed by atoms with Crippen LogP contribution in [0.2, 0.25) is 0 Å². The summed E-state index contributed by atoms with van der Waals surface area (Å²) in [6.07, 6.45) is 9.04. The van der Waals surface area contributed by atoms with Gasteiger partial charge in [-0.25, -0.2) is 4.79 Å². The summed E-state index contributed by atoms with van der Waals surface area (Å²) in [7, 11) is 0. The van der Waals surface area contributed by atoms with Gasteiger partial charge in [0, 0.05) is 5.57 Å². The molecule has 0 bridgehead atoms. The van der Waals surface area contributed by atoms with Crippen molar-refractivity contribution in [3.8, 4) is 0 Å². The Morgan fingerprint density at radius 1 is 1.21 bits per heavy atom. The van der Waals surface area contributed by atoms with Crippen LogP contribution < -0.4 is 0 Å². The van der Waals surface area contributed by atoms with Crippen molar-refractivity contribution in [1.29, 1.82) is 0 Å². The predicted octanol–water partition coefficient (Wildman–Crippen LogP) is 3.22. The van der Waals surface area contributed by atoms with E-state index in [4.69, 9.17) is 4.74 Å². The molecule has 2 nitrogen and oxygen atoms in total. The lowest BCUT2D eigenvalue weighted by Crippen LogP contribution is -2.17. The first-order chi connectivity index (χ1) is 6.74. The van der Waals surface area contributed by atoms with Gasteiger partial charge in [0.15, 0.2) is 0 Å². The maximum atomic E-state index is 11.5. The quantitative estimate of drug-likeness (QED) is 0.385. The van der Waals surface area contributed by atoms with E-state index in [9.17, 15) is 4.79 Å². The Morgan fingerprint density at radius 2 is 1.79 bits per heavy atom. The molecule has 0 N–H and O–H groups in total. The van der Waals surface area contributed by atoms with Crippen LogP contribution in [0, 0.1) is 0 Å². The number of hydrogen-bond donors (Lipinski definition) is 0. The Balaban J connectivity index is 2.38. The lowest BCUT2D eigenvalue weighted by molar-refractivity contribution is -0.144. The maximum Gasteiger partial charge on any atom is 0.333 e. The van der Waals surface area contributed by atoms with Crippen LogP contribution in [0.25, 0.3) is 0 Å². The van der Waals surface area contributed by atoms with E-state index in [0.29, 0.717) is 5.57 Å². The van der Waals surface area contributed by atoms with Crippen LogP contribution in [0.3, 0.4) is 0 Å².